The molecule has 0 radical (unpaired) electrons. The van der Waals surface area contributed by atoms with Gasteiger partial charge >= 0.3 is 0 Å². The smallest absolute Gasteiger partial charge is 0.193 e. The molecule has 1 aromatic rings. The molecule has 200 valence electrons. The SMILES string of the molecule is C/C(=C\C[C@H](O[Si](C)(C)C(C)(C)C)/C(F)=C\c1csc(C)n1)CCO[C@H](C)COC1CCCCO1. The van der Waals surface area contributed by atoms with E-state index in [0.29, 0.717) is 25.3 Å². The van der Waals surface area contributed by atoms with Crippen LogP contribution in [0.2, 0.25) is 18.1 Å². The number of hydrogen-bond acceptors (Lipinski definition) is 6. The Kier molecular flexibility index (Phi) is 12.3. The zero-order valence-corrected chi connectivity index (χ0v) is 24.8. The van der Waals surface area contributed by atoms with Crippen LogP contribution in [0.5, 0.6) is 0 Å². The molecule has 0 aromatic carbocycles. The Morgan fingerprint density at radius 3 is 2.69 bits per heavy atom. The molecule has 2 heterocycles. The molecule has 0 aliphatic carbocycles. The van der Waals surface area contributed by atoms with Crippen LogP contribution in [0.1, 0.15) is 77.4 Å². The maximum Gasteiger partial charge on any atom is 0.193 e. The zero-order chi connectivity index (χ0) is 26.1. The molecule has 2 rings (SSSR count). The number of ether oxygens (including phenoxy) is 3. The Labute approximate surface area is 217 Å². The number of aryl methyl sites for hydroxylation is 1. The van der Waals surface area contributed by atoms with Crippen LogP contribution >= 0.6 is 11.3 Å². The first kappa shape index (κ1) is 30.3. The van der Waals surface area contributed by atoms with Crippen LogP contribution in [0.25, 0.3) is 6.08 Å². The van der Waals surface area contributed by atoms with Crippen LogP contribution in [0, 0.1) is 6.92 Å². The molecule has 0 bridgehead atoms. The number of rotatable bonds is 13. The summed E-state index contributed by atoms with van der Waals surface area (Å²) in [5.41, 5.74) is 1.81. The number of hydrogen-bond donors (Lipinski definition) is 0. The van der Waals surface area contributed by atoms with Crippen LogP contribution in [-0.2, 0) is 18.6 Å². The third-order valence-corrected chi connectivity index (χ3v) is 12.0. The summed E-state index contributed by atoms with van der Waals surface area (Å²) >= 11 is 1.52. The fourth-order valence-corrected chi connectivity index (χ4v) is 5.24. The normalized spacial score (nSPS) is 20.2. The van der Waals surface area contributed by atoms with Gasteiger partial charge in [0.25, 0.3) is 0 Å². The Bertz CT molecular complexity index is 827. The Morgan fingerprint density at radius 2 is 2.09 bits per heavy atom. The second kappa shape index (κ2) is 14.1. The average molecular weight is 528 g/mol. The molecule has 0 spiro atoms. The number of aromatic nitrogens is 1. The molecule has 0 amide bonds. The van der Waals surface area contributed by atoms with Crippen molar-refractivity contribution in [2.45, 2.75) is 110 Å². The summed E-state index contributed by atoms with van der Waals surface area (Å²) in [6.07, 6.45) is 7.40. The maximum absolute atomic E-state index is 15.4. The largest absolute Gasteiger partial charge is 0.407 e. The van der Waals surface area contributed by atoms with E-state index >= 15 is 4.39 Å². The standard InChI is InChI=1S/C27H46FNO4SSi/c1-20(14-16-30-21(2)18-32-26-11-9-10-15-31-26)12-13-25(33-35(7,8)27(4,5)6)24(28)17-23-19-34-22(3)29-23/h12,17,19,21,25-26H,9-11,13-16,18H2,1-8H3/b20-12+,24-17+/t21-,25+,26?/m1/s1. The van der Waals surface area contributed by atoms with E-state index in [2.05, 4.69) is 51.8 Å². The van der Waals surface area contributed by atoms with Crippen molar-refractivity contribution >= 4 is 25.7 Å². The molecular formula is C27H46FNO4SSi. The molecule has 1 aromatic heterocycles. The van der Waals surface area contributed by atoms with Crippen molar-refractivity contribution in [3.05, 3.63) is 33.6 Å². The summed E-state index contributed by atoms with van der Waals surface area (Å²) in [5, 5.41) is 2.80. The molecule has 8 heteroatoms. The monoisotopic (exact) mass is 527 g/mol. The molecule has 3 atom stereocenters. The van der Waals surface area contributed by atoms with Crippen LogP contribution in [0.4, 0.5) is 4.39 Å². The highest BCUT2D eigenvalue weighted by molar-refractivity contribution is 7.09. The Balaban J connectivity index is 1.91. The third-order valence-electron chi connectivity index (χ3n) is 6.71. The number of nitrogens with zero attached hydrogens (tertiary/aromatic N) is 1. The van der Waals surface area contributed by atoms with Crippen LogP contribution < -0.4 is 0 Å². The van der Waals surface area contributed by atoms with Crippen molar-refractivity contribution in [2.24, 2.45) is 0 Å². The van der Waals surface area contributed by atoms with Crippen molar-refractivity contribution in [1.82, 2.24) is 4.98 Å². The van der Waals surface area contributed by atoms with Gasteiger partial charge in [-0.25, -0.2) is 9.37 Å². The van der Waals surface area contributed by atoms with Gasteiger partial charge in [0.1, 0.15) is 11.9 Å². The maximum atomic E-state index is 15.4. The second-order valence-electron chi connectivity index (χ2n) is 11.0. The summed E-state index contributed by atoms with van der Waals surface area (Å²) in [6, 6.07) is 0. The van der Waals surface area contributed by atoms with E-state index in [1.54, 1.807) is 0 Å². The summed E-state index contributed by atoms with van der Waals surface area (Å²) in [7, 11) is -2.16. The van der Waals surface area contributed by atoms with E-state index in [1.807, 2.05) is 19.2 Å². The number of thiazole rings is 1. The average Bonchev–Trinajstić information content (AvgIpc) is 3.19. The predicted molar refractivity (Wildman–Crippen MR) is 146 cm³/mol. The molecule has 1 saturated heterocycles. The Morgan fingerprint density at radius 1 is 1.34 bits per heavy atom. The third kappa shape index (κ3) is 10.9. The van der Waals surface area contributed by atoms with Gasteiger partial charge in [-0.05, 0) is 77.1 Å². The van der Waals surface area contributed by atoms with E-state index in [4.69, 9.17) is 18.6 Å². The fraction of sp³-hybridized carbons (Fsp3) is 0.741. The van der Waals surface area contributed by atoms with E-state index < -0.39 is 14.4 Å². The highest BCUT2D eigenvalue weighted by Gasteiger charge is 2.39. The van der Waals surface area contributed by atoms with E-state index in [0.717, 1.165) is 42.9 Å². The lowest BCUT2D eigenvalue weighted by atomic mass is 10.1. The summed E-state index contributed by atoms with van der Waals surface area (Å²) in [5.74, 6) is -0.267. The lowest BCUT2D eigenvalue weighted by Gasteiger charge is -2.38. The molecule has 1 fully saturated rings. The van der Waals surface area contributed by atoms with Crippen molar-refractivity contribution in [3.8, 4) is 0 Å². The minimum absolute atomic E-state index is 0.00375. The van der Waals surface area contributed by atoms with E-state index in [1.165, 1.54) is 17.4 Å². The molecule has 1 unspecified atom stereocenters. The summed E-state index contributed by atoms with van der Waals surface area (Å²) < 4.78 is 39.2. The molecule has 0 saturated carbocycles. The lowest BCUT2D eigenvalue weighted by molar-refractivity contribution is -0.178. The first-order valence-electron chi connectivity index (χ1n) is 12.8. The van der Waals surface area contributed by atoms with Crippen molar-refractivity contribution in [1.29, 1.82) is 0 Å². The molecule has 5 nitrogen and oxygen atoms in total. The zero-order valence-electron chi connectivity index (χ0n) is 23.0. The summed E-state index contributed by atoms with van der Waals surface area (Å²) in [6.45, 7) is 18.8. The topological polar surface area (TPSA) is 49.8 Å². The highest BCUT2D eigenvalue weighted by atomic mass is 32.1. The molecular weight excluding hydrogens is 481 g/mol. The lowest BCUT2D eigenvalue weighted by Crippen LogP contribution is -2.44. The number of halogens is 1. The second-order valence-corrected chi connectivity index (χ2v) is 16.9. The van der Waals surface area contributed by atoms with Gasteiger partial charge < -0.3 is 18.6 Å². The first-order chi connectivity index (χ1) is 16.4. The predicted octanol–water partition coefficient (Wildman–Crippen LogP) is 7.83. The fourth-order valence-electron chi connectivity index (χ4n) is 3.40. The van der Waals surface area contributed by atoms with Crippen LogP contribution in [0.3, 0.4) is 0 Å². The minimum Gasteiger partial charge on any atom is -0.407 e. The Hall–Kier alpha value is -0.903. The van der Waals surface area contributed by atoms with E-state index in [9.17, 15) is 0 Å². The van der Waals surface area contributed by atoms with Gasteiger partial charge in [-0.2, -0.15) is 0 Å². The van der Waals surface area contributed by atoms with Gasteiger partial charge in [0.2, 0.25) is 0 Å². The van der Waals surface area contributed by atoms with Gasteiger partial charge in [-0.15, -0.1) is 11.3 Å². The van der Waals surface area contributed by atoms with Gasteiger partial charge in [0, 0.05) is 12.0 Å². The van der Waals surface area contributed by atoms with E-state index in [-0.39, 0.29) is 23.3 Å². The molecule has 35 heavy (non-hydrogen) atoms. The molecule has 1 aliphatic rings. The molecule has 1 aliphatic heterocycles. The van der Waals surface area contributed by atoms with Crippen LogP contribution in [0.15, 0.2) is 22.9 Å². The first-order valence-corrected chi connectivity index (χ1v) is 16.6. The van der Waals surface area contributed by atoms with Crippen molar-refractivity contribution in [3.63, 3.8) is 0 Å². The minimum atomic E-state index is -2.16. The van der Waals surface area contributed by atoms with Gasteiger partial charge in [0.05, 0.1) is 30.0 Å². The quantitative estimate of drug-likeness (QED) is 0.193. The van der Waals surface area contributed by atoms with Gasteiger partial charge in [-0.1, -0.05) is 32.4 Å². The van der Waals surface area contributed by atoms with Gasteiger partial charge in [0.15, 0.2) is 14.6 Å². The summed E-state index contributed by atoms with van der Waals surface area (Å²) in [4.78, 5) is 4.38. The van der Waals surface area contributed by atoms with Crippen molar-refractivity contribution < 1.29 is 23.0 Å². The van der Waals surface area contributed by atoms with Crippen LogP contribution in [-0.4, -0.2) is 51.6 Å². The molecule has 0 N–H and O–H groups in total. The van der Waals surface area contributed by atoms with Gasteiger partial charge in [-0.3, -0.25) is 0 Å². The highest BCUT2D eigenvalue weighted by Crippen LogP contribution is 2.39. The van der Waals surface area contributed by atoms with Crippen molar-refractivity contribution in [2.75, 3.05) is 19.8 Å².